The molecule has 0 N–H and O–H groups in total. The predicted octanol–water partition coefficient (Wildman–Crippen LogP) is 2.88. The van der Waals surface area contributed by atoms with E-state index in [0.717, 1.165) is 32.1 Å². The van der Waals surface area contributed by atoms with E-state index in [1.807, 2.05) is 12.2 Å². The highest BCUT2D eigenvalue weighted by Crippen LogP contribution is 2.24. The van der Waals surface area contributed by atoms with E-state index in [-0.39, 0.29) is 18.2 Å². The van der Waals surface area contributed by atoms with Crippen LogP contribution in [-0.4, -0.2) is 46.2 Å². The Bertz CT molecular complexity index is 829. The molecule has 7 nitrogen and oxygen atoms in total. The summed E-state index contributed by atoms with van der Waals surface area (Å²) in [6.45, 7) is 1.21. The second-order valence-corrected chi connectivity index (χ2v) is 7.47. The Labute approximate surface area is 170 Å². The minimum atomic E-state index is -1.18. The quantitative estimate of drug-likeness (QED) is 0.177. The standard InChI is InChI=1S/C22H25N3O4/c23-24-19(18(26)15-16-9-5-6-10-16)22(28)29-20(17-11-3-1-4-12-17)21(27)25-13-7-2-8-14-25/h1,3-6,11-12,16,20H,2,7-10,13-15H2/t20-/m1/s1. The van der Waals surface area contributed by atoms with Crippen molar-refractivity contribution < 1.29 is 23.9 Å². The lowest BCUT2D eigenvalue weighted by atomic mass is 9.98. The number of rotatable bonds is 7. The number of piperidine rings is 1. The number of benzene rings is 1. The summed E-state index contributed by atoms with van der Waals surface area (Å²) in [5, 5.41) is 0. The van der Waals surface area contributed by atoms with Gasteiger partial charge in [-0.3, -0.25) is 9.59 Å². The van der Waals surface area contributed by atoms with Crippen molar-refractivity contribution in [2.75, 3.05) is 13.1 Å². The number of carbonyl (C=O) groups is 3. The molecule has 0 bridgehead atoms. The fourth-order valence-corrected chi connectivity index (χ4v) is 3.74. The summed E-state index contributed by atoms with van der Waals surface area (Å²) in [5.74, 6) is -1.90. The first-order chi connectivity index (χ1) is 14.1. The van der Waals surface area contributed by atoms with Gasteiger partial charge in [-0.15, -0.1) is 0 Å². The maximum atomic E-state index is 13.0. The molecule has 0 spiro atoms. The van der Waals surface area contributed by atoms with Gasteiger partial charge in [-0.2, -0.15) is 4.79 Å². The van der Waals surface area contributed by atoms with Crippen molar-refractivity contribution in [1.29, 1.82) is 0 Å². The Morgan fingerprint density at radius 1 is 1.07 bits per heavy atom. The third-order valence-electron chi connectivity index (χ3n) is 5.36. The van der Waals surface area contributed by atoms with Gasteiger partial charge in [0.2, 0.25) is 6.10 Å². The molecule has 2 aliphatic rings. The van der Waals surface area contributed by atoms with E-state index in [2.05, 4.69) is 4.79 Å². The number of hydrogen-bond acceptors (Lipinski definition) is 4. The Kier molecular flexibility index (Phi) is 7.09. The Balaban J connectivity index is 1.75. The van der Waals surface area contributed by atoms with Crippen LogP contribution in [-0.2, 0) is 19.1 Å². The summed E-state index contributed by atoms with van der Waals surface area (Å²) in [7, 11) is 0. The zero-order chi connectivity index (χ0) is 20.6. The van der Waals surface area contributed by atoms with Gasteiger partial charge in [0.25, 0.3) is 11.7 Å². The van der Waals surface area contributed by atoms with Crippen LogP contribution in [0.15, 0.2) is 42.5 Å². The normalized spacial score (nSPS) is 17.4. The third kappa shape index (κ3) is 5.27. The van der Waals surface area contributed by atoms with Crippen molar-refractivity contribution in [3.05, 3.63) is 53.6 Å². The van der Waals surface area contributed by atoms with Gasteiger partial charge in [-0.1, -0.05) is 42.5 Å². The summed E-state index contributed by atoms with van der Waals surface area (Å²) in [6.07, 6.45) is 7.24. The summed E-state index contributed by atoms with van der Waals surface area (Å²) < 4.78 is 5.43. The summed E-state index contributed by atoms with van der Waals surface area (Å²) >= 11 is 0. The molecule has 1 aromatic rings. The first-order valence-corrected chi connectivity index (χ1v) is 10.0. The van der Waals surface area contributed by atoms with Crippen LogP contribution >= 0.6 is 0 Å². The van der Waals surface area contributed by atoms with Gasteiger partial charge < -0.3 is 15.2 Å². The molecule has 0 aromatic heterocycles. The van der Waals surface area contributed by atoms with E-state index in [0.29, 0.717) is 18.7 Å². The minimum Gasteiger partial charge on any atom is -0.438 e. The third-order valence-corrected chi connectivity index (χ3v) is 5.36. The average molecular weight is 395 g/mol. The summed E-state index contributed by atoms with van der Waals surface area (Å²) in [4.78, 5) is 42.7. The van der Waals surface area contributed by atoms with Gasteiger partial charge in [-0.25, -0.2) is 4.79 Å². The first kappa shape index (κ1) is 20.7. The molecule has 29 heavy (non-hydrogen) atoms. The van der Waals surface area contributed by atoms with Crippen molar-refractivity contribution in [1.82, 2.24) is 4.90 Å². The molecule has 0 radical (unpaired) electrons. The van der Waals surface area contributed by atoms with Gasteiger partial charge in [-0.05, 0) is 38.0 Å². The number of carbonyl (C=O) groups excluding carboxylic acids is 3. The van der Waals surface area contributed by atoms with E-state index in [1.165, 1.54) is 0 Å². The lowest BCUT2D eigenvalue weighted by Gasteiger charge is -2.30. The molecule has 1 atom stereocenters. The lowest BCUT2D eigenvalue weighted by molar-refractivity contribution is -0.159. The van der Waals surface area contributed by atoms with Crippen LogP contribution in [0.3, 0.4) is 0 Å². The maximum absolute atomic E-state index is 13.0. The van der Waals surface area contributed by atoms with Crippen molar-refractivity contribution in [3.8, 4) is 0 Å². The number of hydrogen-bond donors (Lipinski definition) is 0. The molecule has 0 saturated carbocycles. The molecular formula is C22H25N3O4. The van der Waals surface area contributed by atoms with Gasteiger partial charge in [0, 0.05) is 25.1 Å². The fourth-order valence-electron chi connectivity index (χ4n) is 3.74. The number of Topliss-reactive ketones (excluding diaryl/α,β-unsaturated/α-hetero) is 1. The number of nitrogens with zero attached hydrogens (tertiary/aromatic N) is 3. The van der Waals surface area contributed by atoms with Gasteiger partial charge in [0.15, 0.2) is 0 Å². The highest BCUT2D eigenvalue weighted by Gasteiger charge is 2.38. The topological polar surface area (TPSA) is 100 Å². The number of allylic oxidation sites excluding steroid dienone is 2. The molecule has 7 heteroatoms. The van der Waals surface area contributed by atoms with Crippen LogP contribution in [0.2, 0.25) is 0 Å². The van der Waals surface area contributed by atoms with Crippen molar-refractivity contribution in [2.45, 2.75) is 44.6 Å². The predicted molar refractivity (Wildman–Crippen MR) is 106 cm³/mol. The Morgan fingerprint density at radius 2 is 1.72 bits per heavy atom. The molecule has 0 unspecified atom stereocenters. The molecule has 3 rings (SSSR count). The second kappa shape index (κ2) is 9.94. The molecule has 1 aromatic carbocycles. The number of likely N-dealkylation sites (tertiary alicyclic amines) is 1. The molecular weight excluding hydrogens is 370 g/mol. The number of esters is 1. The largest absolute Gasteiger partial charge is 0.441 e. The summed E-state index contributed by atoms with van der Waals surface area (Å²) in [6, 6.07) is 8.69. The van der Waals surface area contributed by atoms with Crippen molar-refractivity contribution >= 4 is 23.4 Å². The van der Waals surface area contributed by atoms with E-state index in [9.17, 15) is 19.9 Å². The zero-order valence-corrected chi connectivity index (χ0v) is 16.3. The number of ether oxygens (including phenoxy) is 1. The van der Waals surface area contributed by atoms with Crippen LogP contribution < -0.4 is 0 Å². The number of ketones is 1. The van der Waals surface area contributed by atoms with Gasteiger partial charge in [0.1, 0.15) is 0 Å². The van der Waals surface area contributed by atoms with Crippen LogP contribution in [0.5, 0.6) is 0 Å². The lowest BCUT2D eigenvalue weighted by Crippen LogP contribution is -2.41. The van der Waals surface area contributed by atoms with E-state index >= 15 is 0 Å². The molecule has 1 aliphatic carbocycles. The molecule has 1 amide bonds. The second-order valence-electron chi connectivity index (χ2n) is 7.47. The Hall–Kier alpha value is -3.05. The van der Waals surface area contributed by atoms with E-state index in [1.54, 1.807) is 35.2 Å². The average Bonchev–Trinajstić information content (AvgIpc) is 3.26. The molecule has 152 valence electrons. The maximum Gasteiger partial charge on any atom is 0.441 e. The van der Waals surface area contributed by atoms with Crippen LogP contribution in [0.25, 0.3) is 5.53 Å². The number of amides is 1. The highest BCUT2D eigenvalue weighted by atomic mass is 16.5. The molecule has 1 aliphatic heterocycles. The summed E-state index contributed by atoms with van der Waals surface area (Å²) in [5.41, 5.74) is 9.12. The monoisotopic (exact) mass is 395 g/mol. The van der Waals surface area contributed by atoms with Crippen molar-refractivity contribution in [3.63, 3.8) is 0 Å². The van der Waals surface area contributed by atoms with E-state index in [4.69, 9.17) is 4.74 Å². The van der Waals surface area contributed by atoms with Gasteiger partial charge in [0.05, 0.1) is 0 Å². The fraction of sp³-hybridized carbons (Fsp3) is 0.455. The van der Waals surface area contributed by atoms with E-state index < -0.39 is 23.6 Å². The van der Waals surface area contributed by atoms with Crippen LogP contribution in [0.4, 0.5) is 0 Å². The SMILES string of the molecule is [N-]=[N+]=C(C(=O)CC1CC=CC1)C(=O)O[C@@H](C(=O)N1CCCCC1)c1ccccc1. The minimum absolute atomic E-state index is 0.0898. The van der Waals surface area contributed by atoms with Gasteiger partial charge >= 0.3 is 11.7 Å². The van der Waals surface area contributed by atoms with Crippen LogP contribution in [0.1, 0.15) is 50.2 Å². The van der Waals surface area contributed by atoms with Crippen molar-refractivity contribution in [2.24, 2.45) is 5.92 Å². The molecule has 1 heterocycles. The Morgan fingerprint density at radius 3 is 2.34 bits per heavy atom. The first-order valence-electron chi connectivity index (χ1n) is 10.0. The molecule has 1 fully saturated rings. The molecule has 1 saturated heterocycles. The smallest absolute Gasteiger partial charge is 0.438 e. The van der Waals surface area contributed by atoms with Crippen LogP contribution in [0, 0.1) is 5.92 Å². The zero-order valence-electron chi connectivity index (χ0n) is 16.3. The highest BCUT2D eigenvalue weighted by molar-refractivity contribution is 6.62.